The van der Waals surface area contributed by atoms with Gasteiger partial charge in [0.05, 0.1) is 0 Å². The summed E-state index contributed by atoms with van der Waals surface area (Å²) in [4.78, 5) is 11.5. The molecule has 1 aliphatic rings. The van der Waals surface area contributed by atoms with Gasteiger partial charge in [-0.15, -0.1) is 0 Å². The molecule has 9 heteroatoms. The number of carbonyl (C=O) groups is 1. The van der Waals surface area contributed by atoms with E-state index in [0.717, 1.165) is 0 Å². The zero-order valence-electron chi connectivity index (χ0n) is 12.4. The van der Waals surface area contributed by atoms with Crippen LogP contribution in [0.3, 0.4) is 0 Å². The molecule has 0 heterocycles. The van der Waals surface area contributed by atoms with Gasteiger partial charge in [-0.1, -0.05) is 19.4 Å². The Morgan fingerprint density at radius 3 is 1.96 bits per heavy atom. The zero-order chi connectivity index (χ0) is 18.1. The van der Waals surface area contributed by atoms with Gasteiger partial charge in [0.15, 0.2) is 0 Å². The van der Waals surface area contributed by atoms with Gasteiger partial charge in [0.1, 0.15) is 6.10 Å². The first-order valence-corrected chi connectivity index (χ1v) is 7.02. The molecule has 1 rings (SSSR count). The van der Waals surface area contributed by atoms with E-state index in [0.29, 0.717) is 25.7 Å². The van der Waals surface area contributed by atoms with Gasteiger partial charge in [-0.05, 0) is 25.7 Å². The Hall–Kier alpha value is -1.25. The van der Waals surface area contributed by atoms with E-state index in [4.69, 9.17) is 4.74 Å². The maximum absolute atomic E-state index is 12.8. The van der Waals surface area contributed by atoms with Gasteiger partial charge in [0, 0.05) is 12.0 Å². The first-order valence-electron chi connectivity index (χ1n) is 7.02. The molecule has 134 valence electrons. The second-order valence-corrected chi connectivity index (χ2v) is 5.83. The minimum Gasteiger partial charge on any atom is -0.459 e. The number of ether oxygens (including phenoxy) is 1. The molecule has 23 heavy (non-hydrogen) atoms. The minimum atomic E-state index is -5.93. The van der Waals surface area contributed by atoms with Crippen LogP contribution < -0.4 is 0 Å². The van der Waals surface area contributed by atoms with E-state index in [1.54, 1.807) is 0 Å². The standard InChI is InChI=1S/C14H18F6O3/c1-8(2)11(21)23-10(9-5-3-4-6-9)7-12(22,13(15,16)17)14(18,19)20/h9-10,22H,1,3-7H2,2H3. The summed E-state index contributed by atoms with van der Waals surface area (Å²) >= 11 is 0. The van der Waals surface area contributed by atoms with Crippen molar-refractivity contribution < 1.29 is 41.0 Å². The quantitative estimate of drug-likeness (QED) is 0.466. The van der Waals surface area contributed by atoms with Crippen LogP contribution in [0.15, 0.2) is 12.2 Å². The van der Waals surface area contributed by atoms with Gasteiger partial charge < -0.3 is 9.84 Å². The van der Waals surface area contributed by atoms with Crippen molar-refractivity contribution in [3.63, 3.8) is 0 Å². The van der Waals surface area contributed by atoms with Gasteiger partial charge in [-0.3, -0.25) is 0 Å². The average Bonchev–Trinajstić information content (AvgIpc) is 2.88. The van der Waals surface area contributed by atoms with E-state index in [1.165, 1.54) is 6.92 Å². The number of rotatable bonds is 5. The Balaban J connectivity index is 3.10. The van der Waals surface area contributed by atoms with Crippen LogP contribution in [0.5, 0.6) is 0 Å². The summed E-state index contributed by atoms with van der Waals surface area (Å²) in [5.74, 6) is -1.73. The fraction of sp³-hybridized carbons (Fsp3) is 0.786. The maximum Gasteiger partial charge on any atom is 0.426 e. The lowest BCUT2D eigenvalue weighted by Gasteiger charge is -2.36. The van der Waals surface area contributed by atoms with Crippen molar-refractivity contribution in [3.05, 3.63) is 12.2 Å². The first kappa shape index (κ1) is 19.8. The molecule has 0 aliphatic heterocycles. The molecule has 1 saturated carbocycles. The Bertz CT molecular complexity index is 434. The molecular weight excluding hydrogens is 330 g/mol. The summed E-state index contributed by atoms with van der Waals surface area (Å²) in [6, 6.07) is 0. The lowest BCUT2D eigenvalue weighted by molar-refractivity contribution is -0.374. The Labute approximate surface area is 129 Å². The zero-order valence-corrected chi connectivity index (χ0v) is 12.4. The largest absolute Gasteiger partial charge is 0.459 e. The van der Waals surface area contributed by atoms with Crippen molar-refractivity contribution in [3.8, 4) is 0 Å². The monoisotopic (exact) mass is 348 g/mol. The molecule has 0 aromatic carbocycles. The molecule has 1 unspecified atom stereocenters. The van der Waals surface area contributed by atoms with Crippen LogP contribution in [0.1, 0.15) is 39.0 Å². The molecule has 0 radical (unpaired) electrons. The molecule has 0 saturated heterocycles. The normalized spacial score (nSPS) is 18.8. The molecule has 1 fully saturated rings. The van der Waals surface area contributed by atoms with E-state index in [2.05, 4.69) is 6.58 Å². The number of hydrogen-bond donors (Lipinski definition) is 1. The smallest absolute Gasteiger partial charge is 0.426 e. The van der Waals surface area contributed by atoms with E-state index >= 15 is 0 Å². The SMILES string of the molecule is C=C(C)C(=O)OC(CC(O)(C(F)(F)F)C(F)(F)F)C1CCCC1. The van der Waals surface area contributed by atoms with Gasteiger partial charge in [-0.25, -0.2) is 4.79 Å². The van der Waals surface area contributed by atoms with Gasteiger partial charge in [0.25, 0.3) is 5.60 Å². The maximum atomic E-state index is 12.8. The number of aliphatic hydroxyl groups is 1. The molecule has 0 aromatic heterocycles. The van der Waals surface area contributed by atoms with E-state index in [1.807, 2.05) is 0 Å². The Morgan fingerprint density at radius 1 is 1.17 bits per heavy atom. The van der Waals surface area contributed by atoms with Crippen molar-refractivity contribution in [2.75, 3.05) is 0 Å². The fourth-order valence-electron chi connectivity index (χ4n) is 2.56. The van der Waals surface area contributed by atoms with Crippen molar-refractivity contribution >= 4 is 5.97 Å². The van der Waals surface area contributed by atoms with Crippen LogP contribution in [0.2, 0.25) is 0 Å². The highest BCUT2D eigenvalue weighted by Gasteiger charge is 2.71. The topological polar surface area (TPSA) is 46.5 Å². The molecule has 0 amide bonds. The summed E-state index contributed by atoms with van der Waals surface area (Å²) in [5, 5.41) is 9.30. The molecule has 1 atom stereocenters. The van der Waals surface area contributed by atoms with Crippen LogP contribution in [-0.2, 0) is 9.53 Å². The number of halogens is 6. The van der Waals surface area contributed by atoms with Gasteiger partial charge in [-0.2, -0.15) is 26.3 Å². The van der Waals surface area contributed by atoms with Crippen LogP contribution in [0, 0.1) is 5.92 Å². The van der Waals surface area contributed by atoms with Crippen molar-refractivity contribution in [1.29, 1.82) is 0 Å². The van der Waals surface area contributed by atoms with Crippen molar-refractivity contribution in [2.45, 2.75) is 63.1 Å². The van der Waals surface area contributed by atoms with E-state index in [-0.39, 0.29) is 5.57 Å². The van der Waals surface area contributed by atoms with Crippen LogP contribution in [-0.4, -0.2) is 35.1 Å². The summed E-state index contributed by atoms with van der Waals surface area (Å²) in [6.07, 6.45) is -13.4. The number of hydrogen-bond acceptors (Lipinski definition) is 3. The molecule has 1 aliphatic carbocycles. The lowest BCUT2D eigenvalue weighted by atomic mass is 9.87. The molecule has 0 bridgehead atoms. The third-order valence-electron chi connectivity index (χ3n) is 3.97. The van der Waals surface area contributed by atoms with E-state index in [9.17, 15) is 36.2 Å². The lowest BCUT2D eigenvalue weighted by Crippen LogP contribution is -2.59. The fourth-order valence-corrected chi connectivity index (χ4v) is 2.56. The average molecular weight is 348 g/mol. The molecule has 0 aromatic rings. The second-order valence-electron chi connectivity index (χ2n) is 5.83. The van der Waals surface area contributed by atoms with Crippen molar-refractivity contribution in [2.24, 2.45) is 5.92 Å². The predicted octanol–water partition coefficient (Wildman–Crippen LogP) is 3.91. The second kappa shape index (κ2) is 6.70. The molecule has 0 spiro atoms. The third kappa shape index (κ3) is 4.39. The van der Waals surface area contributed by atoms with Crippen LogP contribution in [0.4, 0.5) is 26.3 Å². The first-order chi connectivity index (χ1) is 10.3. The number of alkyl halides is 6. The molecule has 1 N–H and O–H groups in total. The highest BCUT2D eigenvalue weighted by molar-refractivity contribution is 5.87. The summed E-state index contributed by atoms with van der Waals surface area (Å²) < 4.78 is 81.7. The number of carbonyl (C=O) groups excluding carboxylic acids is 1. The Kier molecular flexibility index (Phi) is 5.77. The summed E-state index contributed by atoms with van der Waals surface area (Å²) in [7, 11) is 0. The van der Waals surface area contributed by atoms with Crippen LogP contribution >= 0.6 is 0 Å². The highest BCUT2D eigenvalue weighted by atomic mass is 19.4. The highest BCUT2D eigenvalue weighted by Crippen LogP contribution is 2.48. The van der Waals surface area contributed by atoms with Gasteiger partial charge in [0.2, 0.25) is 0 Å². The van der Waals surface area contributed by atoms with E-state index < -0.39 is 42.4 Å². The summed E-state index contributed by atoms with van der Waals surface area (Å²) in [5.41, 5.74) is -5.07. The van der Waals surface area contributed by atoms with Crippen LogP contribution in [0.25, 0.3) is 0 Å². The molecular formula is C14H18F6O3. The minimum absolute atomic E-state index is 0.143. The van der Waals surface area contributed by atoms with Gasteiger partial charge >= 0.3 is 18.3 Å². The molecule has 3 nitrogen and oxygen atoms in total. The Morgan fingerprint density at radius 2 is 1.61 bits per heavy atom. The predicted molar refractivity (Wildman–Crippen MR) is 68.3 cm³/mol. The summed E-state index contributed by atoms with van der Waals surface area (Å²) in [6.45, 7) is 4.48. The number of esters is 1. The third-order valence-corrected chi connectivity index (χ3v) is 3.97. The van der Waals surface area contributed by atoms with Crippen molar-refractivity contribution in [1.82, 2.24) is 0 Å².